The first-order valence-corrected chi connectivity index (χ1v) is 5.46. The van der Waals surface area contributed by atoms with Crippen molar-refractivity contribution in [1.82, 2.24) is 0 Å². The van der Waals surface area contributed by atoms with E-state index in [-0.39, 0.29) is 0 Å². The Morgan fingerprint density at radius 1 is 0.938 bits per heavy atom. The number of benzene rings is 2. The van der Waals surface area contributed by atoms with E-state index in [1.54, 1.807) is 0 Å². The highest BCUT2D eigenvalue weighted by Gasteiger charge is 2.04. The van der Waals surface area contributed by atoms with Crippen LogP contribution in [0.2, 0.25) is 0 Å². The Labute approximate surface area is 96.9 Å². The minimum atomic E-state index is 1.14. The molecule has 2 aromatic rings. The molecule has 0 N–H and O–H groups in total. The van der Waals surface area contributed by atoms with E-state index in [0.29, 0.717) is 0 Å². The van der Waals surface area contributed by atoms with Gasteiger partial charge in [-0.15, -0.1) is 0 Å². The number of fused-ring (bicyclic) bond motifs is 1. The van der Waals surface area contributed by atoms with E-state index in [1.165, 1.54) is 27.5 Å². The molecule has 0 aromatic heterocycles. The van der Waals surface area contributed by atoms with Crippen molar-refractivity contribution in [2.75, 3.05) is 0 Å². The fraction of sp³-hybridized carbons (Fsp3) is 0.125. The third kappa shape index (κ3) is 1.57. The molecule has 0 spiro atoms. The molecule has 0 bridgehead atoms. The molecule has 0 atom stereocenters. The van der Waals surface area contributed by atoms with E-state index >= 15 is 0 Å². The highest BCUT2D eigenvalue weighted by Crippen LogP contribution is 2.27. The molecule has 2 aromatic carbocycles. The third-order valence-corrected chi connectivity index (χ3v) is 3.13. The molecular formula is C16H16. The molecule has 0 fully saturated rings. The SMILES string of the molecule is C=Cc1ccc2cc(C)c(C)cc2c1C=C. The Morgan fingerprint density at radius 2 is 1.62 bits per heavy atom. The van der Waals surface area contributed by atoms with Gasteiger partial charge >= 0.3 is 0 Å². The van der Waals surface area contributed by atoms with Crippen LogP contribution < -0.4 is 0 Å². The summed E-state index contributed by atoms with van der Waals surface area (Å²) in [5.41, 5.74) is 4.96. The molecule has 0 nitrogen and oxygen atoms in total. The van der Waals surface area contributed by atoms with Gasteiger partial charge in [0.2, 0.25) is 0 Å². The molecule has 0 aliphatic heterocycles. The summed E-state index contributed by atoms with van der Waals surface area (Å²) >= 11 is 0. The number of aryl methyl sites for hydroxylation is 2. The zero-order valence-electron chi connectivity index (χ0n) is 9.88. The predicted octanol–water partition coefficient (Wildman–Crippen LogP) is 4.74. The lowest BCUT2D eigenvalue weighted by molar-refractivity contribution is 1.36. The van der Waals surface area contributed by atoms with Gasteiger partial charge in [-0.05, 0) is 46.9 Å². The molecule has 16 heavy (non-hydrogen) atoms. The predicted molar refractivity (Wildman–Crippen MR) is 73.6 cm³/mol. The van der Waals surface area contributed by atoms with Crippen LogP contribution in [-0.4, -0.2) is 0 Å². The van der Waals surface area contributed by atoms with Gasteiger partial charge in [0.15, 0.2) is 0 Å². The van der Waals surface area contributed by atoms with Crippen molar-refractivity contribution < 1.29 is 0 Å². The zero-order chi connectivity index (χ0) is 11.7. The Bertz CT molecular complexity index is 574. The van der Waals surface area contributed by atoms with Gasteiger partial charge in [-0.25, -0.2) is 0 Å². The number of hydrogen-bond donors (Lipinski definition) is 0. The van der Waals surface area contributed by atoms with Gasteiger partial charge in [-0.1, -0.05) is 49.6 Å². The van der Waals surface area contributed by atoms with E-state index in [0.717, 1.165) is 5.56 Å². The van der Waals surface area contributed by atoms with Gasteiger partial charge in [-0.3, -0.25) is 0 Å². The average molecular weight is 208 g/mol. The van der Waals surface area contributed by atoms with E-state index < -0.39 is 0 Å². The van der Waals surface area contributed by atoms with Crippen LogP contribution in [0.25, 0.3) is 22.9 Å². The maximum Gasteiger partial charge on any atom is -0.0103 e. The Morgan fingerprint density at radius 3 is 2.25 bits per heavy atom. The fourth-order valence-corrected chi connectivity index (χ4v) is 2.04. The van der Waals surface area contributed by atoms with E-state index in [1.807, 2.05) is 12.2 Å². The second kappa shape index (κ2) is 3.97. The van der Waals surface area contributed by atoms with Crippen molar-refractivity contribution in [3.8, 4) is 0 Å². The molecule has 0 aliphatic carbocycles. The van der Waals surface area contributed by atoms with Crippen molar-refractivity contribution in [2.45, 2.75) is 13.8 Å². The highest BCUT2D eigenvalue weighted by atomic mass is 14.1. The second-order valence-corrected chi connectivity index (χ2v) is 4.13. The first kappa shape index (κ1) is 10.7. The molecule has 0 heteroatoms. The summed E-state index contributed by atoms with van der Waals surface area (Å²) in [7, 11) is 0. The second-order valence-electron chi connectivity index (χ2n) is 4.13. The van der Waals surface area contributed by atoms with E-state index in [4.69, 9.17) is 0 Å². The number of rotatable bonds is 2. The lowest BCUT2D eigenvalue weighted by atomic mass is 9.95. The maximum atomic E-state index is 3.89. The third-order valence-electron chi connectivity index (χ3n) is 3.13. The molecule has 0 saturated heterocycles. The van der Waals surface area contributed by atoms with Crippen LogP contribution in [-0.2, 0) is 0 Å². The molecular weight excluding hydrogens is 192 g/mol. The van der Waals surface area contributed by atoms with Crippen LogP contribution in [0.1, 0.15) is 22.3 Å². The van der Waals surface area contributed by atoms with Crippen molar-refractivity contribution in [3.63, 3.8) is 0 Å². The molecule has 2 rings (SSSR count). The zero-order valence-corrected chi connectivity index (χ0v) is 9.88. The molecule has 0 heterocycles. The summed E-state index contributed by atoms with van der Waals surface area (Å²) in [6, 6.07) is 8.70. The van der Waals surface area contributed by atoms with Crippen LogP contribution >= 0.6 is 0 Å². The smallest absolute Gasteiger partial charge is 0.0103 e. The minimum Gasteiger partial charge on any atom is -0.0984 e. The monoisotopic (exact) mass is 208 g/mol. The van der Waals surface area contributed by atoms with Crippen molar-refractivity contribution in [3.05, 3.63) is 59.7 Å². The topological polar surface area (TPSA) is 0 Å². The van der Waals surface area contributed by atoms with Crippen LogP contribution in [0, 0.1) is 13.8 Å². The van der Waals surface area contributed by atoms with Gasteiger partial charge in [0.1, 0.15) is 0 Å². The van der Waals surface area contributed by atoms with Gasteiger partial charge < -0.3 is 0 Å². The van der Waals surface area contributed by atoms with Crippen LogP contribution in [0.15, 0.2) is 37.4 Å². The van der Waals surface area contributed by atoms with E-state index in [2.05, 4.69) is 51.3 Å². The normalized spacial score (nSPS) is 10.4. The van der Waals surface area contributed by atoms with Gasteiger partial charge in [0, 0.05) is 0 Å². The van der Waals surface area contributed by atoms with Crippen LogP contribution in [0.4, 0.5) is 0 Å². The van der Waals surface area contributed by atoms with Gasteiger partial charge in [0.25, 0.3) is 0 Å². The molecule has 0 amide bonds. The number of hydrogen-bond acceptors (Lipinski definition) is 0. The van der Waals surface area contributed by atoms with Gasteiger partial charge in [0.05, 0.1) is 0 Å². The first-order valence-electron chi connectivity index (χ1n) is 5.46. The quantitative estimate of drug-likeness (QED) is 0.668. The van der Waals surface area contributed by atoms with Gasteiger partial charge in [-0.2, -0.15) is 0 Å². The molecule has 0 saturated carbocycles. The average Bonchev–Trinajstić information content (AvgIpc) is 2.29. The fourth-order valence-electron chi connectivity index (χ4n) is 2.04. The standard InChI is InChI=1S/C16H16/c1-5-13-7-8-14-9-11(3)12(4)10-16(14)15(13)6-2/h5-10H,1-2H2,3-4H3. The summed E-state index contributed by atoms with van der Waals surface area (Å²) in [4.78, 5) is 0. The van der Waals surface area contributed by atoms with Crippen molar-refractivity contribution >= 4 is 22.9 Å². The Hall–Kier alpha value is -1.82. The summed E-state index contributed by atoms with van der Waals surface area (Å²) in [6.07, 6.45) is 3.79. The Kier molecular flexibility index (Phi) is 2.66. The van der Waals surface area contributed by atoms with Crippen molar-refractivity contribution in [2.24, 2.45) is 0 Å². The Balaban J connectivity index is 2.91. The molecule has 0 aliphatic rings. The summed E-state index contributed by atoms with van der Waals surface area (Å²) < 4.78 is 0. The van der Waals surface area contributed by atoms with Crippen LogP contribution in [0.3, 0.4) is 0 Å². The molecule has 0 unspecified atom stereocenters. The highest BCUT2D eigenvalue weighted by molar-refractivity contribution is 5.94. The molecule has 80 valence electrons. The lowest BCUT2D eigenvalue weighted by Gasteiger charge is -2.09. The first-order chi connectivity index (χ1) is 7.67. The largest absolute Gasteiger partial charge is 0.0984 e. The van der Waals surface area contributed by atoms with E-state index in [9.17, 15) is 0 Å². The summed E-state index contributed by atoms with van der Waals surface area (Å²) in [6.45, 7) is 12.0. The maximum absolute atomic E-state index is 3.89. The van der Waals surface area contributed by atoms with Crippen LogP contribution in [0.5, 0.6) is 0 Å². The summed E-state index contributed by atoms with van der Waals surface area (Å²) in [5, 5.41) is 2.53. The lowest BCUT2D eigenvalue weighted by Crippen LogP contribution is -1.87. The summed E-state index contributed by atoms with van der Waals surface area (Å²) in [5.74, 6) is 0. The van der Waals surface area contributed by atoms with Crippen molar-refractivity contribution in [1.29, 1.82) is 0 Å². The molecule has 0 radical (unpaired) electrons. The minimum absolute atomic E-state index is 1.14.